The van der Waals surface area contributed by atoms with Gasteiger partial charge in [-0.15, -0.1) is 24.0 Å². The lowest BCUT2D eigenvalue weighted by molar-refractivity contribution is 0.588. The molecule has 11 heteroatoms. The highest BCUT2D eigenvalue weighted by atomic mass is 127. The quantitative estimate of drug-likeness (QED) is 0.296. The fraction of sp³-hybridized carbons (Fsp3) is 0.312. The minimum Gasteiger partial charge on any atom is -0.352 e. The van der Waals surface area contributed by atoms with Gasteiger partial charge in [-0.05, 0) is 30.8 Å². The van der Waals surface area contributed by atoms with Crippen LogP contribution in [-0.2, 0) is 30.2 Å². The normalized spacial score (nSPS) is 11.8. The Balaban J connectivity index is 0.00000364. The van der Waals surface area contributed by atoms with Gasteiger partial charge >= 0.3 is 0 Å². The molecule has 0 saturated carbocycles. The van der Waals surface area contributed by atoms with E-state index in [-0.39, 0.29) is 28.9 Å². The SMILES string of the molecule is CN=C(NCc1ccc(S(=O)(=O)NC)cc1)NCc1cc(Cl)c(Cl)n1C.I. The summed E-state index contributed by atoms with van der Waals surface area (Å²) in [5.74, 6) is 0.602. The zero-order chi connectivity index (χ0) is 19.3. The number of hydrogen-bond donors (Lipinski definition) is 3. The molecule has 0 fully saturated rings. The summed E-state index contributed by atoms with van der Waals surface area (Å²) >= 11 is 12.1. The molecule has 0 aliphatic carbocycles. The second-order valence-electron chi connectivity index (χ2n) is 5.46. The Morgan fingerprint density at radius 2 is 1.74 bits per heavy atom. The van der Waals surface area contributed by atoms with E-state index in [1.807, 2.05) is 7.05 Å². The minimum absolute atomic E-state index is 0. The molecule has 1 aromatic heterocycles. The van der Waals surface area contributed by atoms with Crippen LogP contribution in [0.4, 0.5) is 0 Å². The first-order chi connectivity index (χ1) is 12.3. The molecule has 7 nitrogen and oxygen atoms in total. The van der Waals surface area contributed by atoms with Gasteiger partial charge in [-0.25, -0.2) is 13.1 Å². The molecule has 0 saturated heterocycles. The Kier molecular flexibility index (Phi) is 9.35. The highest BCUT2D eigenvalue weighted by Crippen LogP contribution is 2.24. The standard InChI is InChI=1S/C16H21Cl2N5O2S.HI/c1-19-16(22-10-12-8-14(17)15(18)23(12)3)21-9-11-4-6-13(7-5-11)26(24,25)20-2;/h4-8,20H,9-10H2,1-3H3,(H2,19,21,22);1H. The van der Waals surface area contributed by atoms with Crippen molar-refractivity contribution in [2.24, 2.45) is 12.0 Å². The van der Waals surface area contributed by atoms with Gasteiger partial charge in [0.2, 0.25) is 10.0 Å². The second kappa shape index (κ2) is 10.5. The van der Waals surface area contributed by atoms with Gasteiger partial charge in [-0.2, -0.15) is 0 Å². The zero-order valence-corrected chi connectivity index (χ0v) is 19.7. The second-order valence-corrected chi connectivity index (χ2v) is 8.12. The fourth-order valence-electron chi connectivity index (χ4n) is 2.24. The van der Waals surface area contributed by atoms with Crippen molar-refractivity contribution in [2.75, 3.05) is 14.1 Å². The van der Waals surface area contributed by atoms with Crippen LogP contribution in [-0.4, -0.2) is 33.0 Å². The van der Waals surface area contributed by atoms with Crippen molar-refractivity contribution in [1.29, 1.82) is 0 Å². The Morgan fingerprint density at radius 1 is 1.15 bits per heavy atom. The Morgan fingerprint density at radius 3 is 2.22 bits per heavy atom. The van der Waals surface area contributed by atoms with E-state index in [0.717, 1.165) is 11.3 Å². The molecular formula is C16H22Cl2IN5O2S. The Hall–Kier alpha value is -1.01. The van der Waals surface area contributed by atoms with Crippen molar-refractivity contribution >= 4 is 63.2 Å². The molecule has 0 atom stereocenters. The molecule has 0 radical (unpaired) electrons. The Bertz CT molecular complexity index is 898. The average molecular weight is 546 g/mol. The highest BCUT2D eigenvalue weighted by Gasteiger charge is 2.11. The van der Waals surface area contributed by atoms with Gasteiger partial charge in [0.25, 0.3) is 0 Å². The van der Waals surface area contributed by atoms with E-state index < -0.39 is 10.0 Å². The summed E-state index contributed by atoms with van der Waals surface area (Å²) in [6, 6.07) is 8.42. The summed E-state index contributed by atoms with van der Waals surface area (Å²) in [4.78, 5) is 4.39. The molecule has 0 aliphatic rings. The number of nitrogens with zero attached hydrogens (tertiary/aromatic N) is 2. The van der Waals surface area contributed by atoms with E-state index >= 15 is 0 Å². The number of benzene rings is 1. The van der Waals surface area contributed by atoms with Gasteiger partial charge < -0.3 is 15.2 Å². The van der Waals surface area contributed by atoms with Crippen molar-refractivity contribution in [3.63, 3.8) is 0 Å². The molecule has 2 aromatic rings. The first kappa shape index (κ1) is 24.0. The molecule has 0 bridgehead atoms. The molecule has 150 valence electrons. The van der Waals surface area contributed by atoms with Crippen LogP contribution in [0.2, 0.25) is 10.2 Å². The summed E-state index contributed by atoms with van der Waals surface area (Å²) < 4.78 is 27.5. The number of nitrogens with one attached hydrogen (secondary N) is 3. The van der Waals surface area contributed by atoms with E-state index in [0.29, 0.717) is 29.2 Å². The van der Waals surface area contributed by atoms with Crippen molar-refractivity contribution in [2.45, 2.75) is 18.0 Å². The molecule has 0 aliphatic heterocycles. The third-order valence-corrected chi connectivity index (χ3v) is 6.11. The zero-order valence-electron chi connectivity index (χ0n) is 15.1. The molecular weight excluding hydrogens is 524 g/mol. The van der Waals surface area contributed by atoms with Gasteiger partial charge in [-0.1, -0.05) is 35.3 Å². The lowest BCUT2D eigenvalue weighted by Gasteiger charge is -2.13. The summed E-state index contributed by atoms with van der Waals surface area (Å²) in [5, 5.41) is 7.34. The first-order valence-electron chi connectivity index (χ1n) is 7.75. The van der Waals surface area contributed by atoms with Gasteiger partial charge in [0.1, 0.15) is 5.15 Å². The van der Waals surface area contributed by atoms with E-state index in [1.54, 1.807) is 41.9 Å². The monoisotopic (exact) mass is 545 g/mol. The number of guanidine groups is 1. The first-order valence-corrected chi connectivity index (χ1v) is 9.99. The van der Waals surface area contributed by atoms with Gasteiger partial charge in [0.15, 0.2) is 5.96 Å². The predicted octanol–water partition coefficient (Wildman–Crippen LogP) is 2.72. The fourth-order valence-corrected chi connectivity index (χ4v) is 3.39. The average Bonchev–Trinajstić information content (AvgIpc) is 2.89. The summed E-state index contributed by atoms with van der Waals surface area (Å²) in [6.45, 7) is 0.996. The van der Waals surface area contributed by atoms with Crippen LogP contribution >= 0.6 is 47.2 Å². The lowest BCUT2D eigenvalue weighted by atomic mass is 10.2. The number of hydrogen-bond acceptors (Lipinski definition) is 3. The number of aromatic nitrogens is 1. The van der Waals surface area contributed by atoms with Crippen molar-refractivity contribution < 1.29 is 8.42 Å². The van der Waals surface area contributed by atoms with E-state index in [1.165, 1.54) is 7.05 Å². The van der Waals surface area contributed by atoms with Crippen LogP contribution < -0.4 is 15.4 Å². The highest BCUT2D eigenvalue weighted by molar-refractivity contribution is 14.0. The van der Waals surface area contributed by atoms with Crippen molar-refractivity contribution in [1.82, 2.24) is 19.9 Å². The van der Waals surface area contributed by atoms with Gasteiger partial charge in [0.05, 0.1) is 16.5 Å². The van der Waals surface area contributed by atoms with E-state index in [4.69, 9.17) is 23.2 Å². The van der Waals surface area contributed by atoms with Crippen LogP contribution in [0, 0.1) is 0 Å². The third-order valence-electron chi connectivity index (χ3n) is 3.84. The summed E-state index contributed by atoms with van der Waals surface area (Å²) in [5.41, 5.74) is 1.84. The molecule has 1 heterocycles. The van der Waals surface area contributed by atoms with Crippen LogP contribution in [0.25, 0.3) is 0 Å². The summed E-state index contributed by atoms with van der Waals surface area (Å²) in [7, 11) is 1.46. The van der Waals surface area contributed by atoms with Crippen molar-refractivity contribution in [3.8, 4) is 0 Å². The van der Waals surface area contributed by atoms with E-state index in [9.17, 15) is 8.42 Å². The smallest absolute Gasteiger partial charge is 0.240 e. The number of halogens is 3. The topological polar surface area (TPSA) is 87.5 Å². The number of aliphatic imine (C=N–C) groups is 1. The largest absolute Gasteiger partial charge is 0.352 e. The Labute approximate surface area is 186 Å². The molecule has 0 unspecified atom stereocenters. The molecule has 0 amide bonds. The van der Waals surface area contributed by atoms with Crippen LogP contribution in [0.15, 0.2) is 40.2 Å². The van der Waals surface area contributed by atoms with E-state index in [2.05, 4.69) is 20.3 Å². The molecule has 0 spiro atoms. The number of sulfonamides is 1. The maximum atomic E-state index is 11.7. The van der Waals surface area contributed by atoms with Gasteiger partial charge in [0, 0.05) is 26.3 Å². The van der Waals surface area contributed by atoms with Crippen LogP contribution in [0.5, 0.6) is 0 Å². The minimum atomic E-state index is -3.43. The maximum absolute atomic E-state index is 11.7. The van der Waals surface area contributed by atoms with Crippen molar-refractivity contribution in [3.05, 3.63) is 51.8 Å². The molecule has 2 rings (SSSR count). The van der Waals surface area contributed by atoms with Crippen LogP contribution in [0.3, 0.4) is 0 Å². The predicted molar refractivity (Wildman–Crippen MR) is 121 cm³/mol. The molecule has 27 heavy (non-hydrogen) atoms. The maximum Gasteiger partial charge on any atom is 0.240 e. The summed E-state index contributed by atoms with van der Waals surface area (Å²) in [6.07, 6.45) is 0. The lowest BCUT2D eigenvalue weighted by Crippen LogP contribution is -2.36. The molecule has 1 aromatic carbocycles. The third kappa shape index (κ3) is 6.24. The van der Waals surface area contributed by atoms with Crippen LogP contribution in [0.1, 0.15) is 11.3 Å². The number of rotatable bonds is 6. The molecule has 3 N–H and O–H groups in total. The van der Waals surface area contributed by atoms with Gasteiger partial charge in [-0.3, -0.25) is 4.99 Å².